The molecule has 0 bridgehead atoms. The fraction of sp³-hybridized carbons (Fsp3) is 0.500. The Hall–Kier alpha value is -1.76. The van der Waals surface area contributed by atoms with Crippen molar-refractivity contribution < 1.29 is 14.7 Å². The summed E-state index contributed by atoms with van der Waals surface area (Å²) in [6, 6.07) is 2.39. The van der Waals surface area contributed by atoms with Crippen molar-refractivity contribution in [3.8, 4) is 0 Å². The van der Waals surface area contributed by atoms with E-state index in [9.17, 15) is 9.59 Å². The molecule has 0 aliphatic heterocycles. The molecular weight excluding hydrogens is 290 g/mol. The van der Waals surface area contributed by atoms with Crippen molar-refractivity contribution in [2.24, 2.45) is 12.0 Å². The van der Waals surface area contributed by atoms with Gasteiger partial charge in [0.15, 0.2) is 0 Å². The summed E-state index contributed by atoms with van der Waals surface area (Å²) in [5, 5.41) is 11.4. The molecule has 1 amide bonds. The topological polar surface area (TPSA) is 83.7 Å². The Bertz CT molecular complexity index is 558. The van der Waals surface area contributed by atoms with Crippen LogP contribution >= 0.6 is 12.6 Å². The first-order valence-corrected chi connectivity index (χ1v) is 7.14. The molecule has 0 fully saturated rings. The van der Waals surface area contributed by atoms with Crippen molar-refractivity contribution in [2.75, 3.05) is 5.75 Å². The third kappa shape index (κ3) is 4.93. The lowest BCUT2D eigenvalue weighted by molar-refractivity contribution is -0.138. The lowest BCUT2D eigenvalue weighted by Gasteiger charge is -2.13. The zero-order valence-electron chi connectivity index (χ0n) is 12.6. The van der Waals surface area contributed by atoms with E-state index in [1.807, 2.05) is 20.8 Å². The molecule has 1 unspecified atom stereocenters. The Labute approximate surface area is 129 Å². The SMILES string of the molecule is Cn1c(/C=N\C(C)(C)C)ccc1C(=O)NC(CS)C(=O)O. The van der Waals surface area contributed by atoms with E-state index in [2.05, 4.69) is 22.9 Å². The van der Waals surface area contributed by atoms with Gasteiger partial charge in [0.2, 0.25) is 0 Å². The molecule has 1 rings (SSSR count). The Morgan fingerprint density at radius 3 is 2.57 bits per heavy atom. The first-order chi connectivity index (χ1) is 9.65. The summed E-state index contributed by atoms with van der Waals surface area (Å²) < 4.78 is 1.67. The molecule has 0 aliphatic carbocycles. The zero-order chi connectivity index (χ0) is 16.2. The van der Waals surface area contributed by atoms with Gasteiger partial charge in [-0.2, -0.15) is 12.6 Å². The number of nitrogens with one attached hydrogen (secondary N) is 1. The maximum atomic E-state index is 12.1. The first kappa shape index (κ1) is 17.3. The van der Waals surface area contributed by atoms with E-state index in [0.717, 1.165) is 5.69 Å². The van der Waals surface area contributed by atoms with Crippen molar-refractivity contribution in [1.82, 2.24) is 9.88 Å². The maximum absolute atomic E-state index is 12.1. The number of carboxylic acid groups (broad SMARTS) is 1. The van der Waals surface area contributed by atoms with Crippen LogP contribution in [0, 0.1) is 0 Å². The van der Waals surface area contributed by atoms with Crippen molar-refractivity contribution in [2.45, 2.75) is 32.4 Å². The summed E-state index contributed by atoms with van der Waals surface area (Å²) in [7, 11) is 1.73. The van der Waals surface area contributed by atoms with Crippen LogP contribution in [0.15, 0.2) is 17.1 Å². The second kappa shape index (κ2) is 6.80. The van der Waals surface area contributed by atoms with E-state index in [4.69, 9.17) is 5.11 Å². The third-order valence-corrected chi connectivity index (χ3v) is 3.13. The smallest absolute Gasteiger partial charge is 0.327 e. The quantitative estimate of drug-likeness (QED) is 0.567. The summed E-state index contributed by atoms with van der Waals surface area (Å²) in [6.45, 7) is 5.93. The van der Waals surface area contributed by atoms with Gasteiger partial charge in [-0.1, -0.05) is 0 Å². The number of rotatable bonds is 5. The van der Waals surface area contributed by atoms with Gasteiger partial charge in [-0.3, -0.25) is 9.79 Å². The van der Waals surface area contributed by atoms with Crippen molar-refractivity contribution in [3.63, 3.8) is 0 Å². The Morgan fingerprint density at radius 1 is 1.48 bits per heavy atom. The highest BCUT2D eigenvalue weighted by molar-refractivity contribution is 7.80. The van der Waals surface area contributed by atoms with E-state index >= 15 is 0 Å². The van der Waals surface area contributed by atoms with Gasteiger partial charge in [0.1, 0.15) is 11.7 Å². The Kier molecular flexibility index (Phi) is 5.60. The van der Waals surface area contributed by atoms with E-state index in [-0.39, 0.29) is 11.3 Å². The normalized spacial score (nSPS) is 13.4. The zero-order valence-corrected chi connectivity index (χ0v) is 13.5. The molecule has 1 aromatic heterocycles. The first-order valence-electron chi connectivity index (χ1n) is 6.51. The molecule has 0 radical (unpaired) electrons. The number of carbonyl (C=O) groups is 2. The van der Waals surface area contributed by atoms with E-state index in [0.29, 0.717) is 5.69 Å². The van der Waals surface area contributed by atoms with Gasteiger partial charge in [-0.15, -0.1) is 0 Å². The minimum absolute atomic E-state index is 0.0316. The molecule has 0 saturated carbocycles. The predicted octanol–water partition coefficient (Wildman–Crippen LogP) is 1.36. The highest BCUT2D eigenvalue weighted by Gasteiger charge is 2.21. The second-order valence-electron chi connectivity index (χ2n) is 5.68. The highest BCUT2D eigenvalue weighted by atomic mass is 32.1. The van der Waals surface area contributed by atoms with Crippen LogP contribution in [-0.4, -0.2) is 45.1 Å². The summed E-state index contributed by atoms with van der Waals surface area (Å²) >= 11 is 3.91. The third-order valence-electron chi connectivity index (χ3n) is 2.76. The van der Waals surface area contributed by atoms with Crippen molar-refractivity contribution in [3.05, 3.63) is 23.5 Å². The van der Waals surface area contributed by atoms with Gasteiger partial charge in [0.05, 0.1) is 11.2 Å². The fourth-order valence-electron chi connectivity index (χ4n) is 1.56. The van der Waals surface area contributed by atoms with Gasteiger partial charge in [-0.05, 0) is 32.9 Å². The van der Waals surface area contributed by atoms with Crippen molar-refractivity contribution >= 4 is 30.7 Å². The summed E-state index contributed by atoms with van der Waals surface area (Å²) in [6.07, 6.45) is 1.70. The average molecular weight is 311 g/mol. The molecular formula is C14H21N3O3S. The summed E-state index contributed by atoms with van der Waals surface area (Å²) in [5.41, 5.74) is 0.943. The maximum Gasteiger partial charge on any atom is 0.327 e. The number of nitrogens with zero attached hydrogens (tertiary/aromatic N) is 2. The average Bonchev–Trinajstić information content (AvgIpc) is 2.73. The number of carbonyl (C=O) groups excluding carboxylic acids is 1. The van der Waals surface area contributed by atoms with Crippen LogP contribution in [0.5, 0.6) is 0 Å². The van der Waals surface area contributed by atoms with Gasteiger partial charge in [0, 0.05) is 19.0 Å². The Balaban J connectivity index is 2.91. The standard InChI is InChI=1S/C14H21N3O3S/c1-14(2,3)15-7-9-5-6-11(17(9)4)12(18)16-10(8-21)13(19)20/h5-7,10,21H,8H2,1-4H3,(H,16,18)(H,19,20)/b15-7-. The van der Waals surface area contributed by atoms with Crippen LogP contribution in [-0.2, 0) is 11.8 Å². The van der Waals surface area contributed by atoms with Gasteiger partial charge in [-0.25, -0.2) is 4.79 Å². The molecule has 1 aromatic rings. The molecule has 1 atom stereocenters. The number of carboxylic acids is 1. The minimum atomic E-state index is -1.11. The van der Waals surface area contributed by atoms with Gasteiger partial charge in [0.25, 0.3) is 5.91 Å². The molecule has 1 heterocycles. The molecule has 0 spiro atoms. The van der Waals surface area contributed by atoms with Gasteiger partial charge >= 0.3 is 5.97 Å². The molecule has 116 valence electrons. The highest BCUT2D eigenvalue weighted by Crippen LogP contribution is 2.10. The number of hydrogen-bond donors (Lipinski definition) is 3. The molecule has 0 aliphatic rings. The number of hydrogen-bond acceptors (Lipinski definition) is 4. The number of thiol groups is 1. The van der Waals surface area contributed by atoms with E-state index in [1.165, 1.54) is 0 Å². The molecule has 0 saturated heterocycles. The number of amides is 1. The van der Waals surface area contributed by atoms with Crippen molar-refractivity contribution in [1.29, 1.82) is 0 Å². The van der Waals surface area contributed by atoms with Crippen LogP contribution in [0.4, 0.5) is 0 Å². The van der Waals surface area contributed by atoms with E-state index in [1.54, 1.807) is 30.0 Å². The molecule has 21 heavy (non-hydrogen) atoms. The number of aliphatic carboxylic acids is 1. The minimum Gasteiger partial charge on any atom is -0.480 e. The Morgan fingerprint density at radius 2 is 2.10 bits per heavy atom. The number of aliphatic imine (C=N–C) groups is 1. The summed E-state index contributed by atoms with van der Waals surface area (Å²) in [4.78, 5) is 27.4. The van der Waals surface area contributed by atoms with Crippen LogP contribution < -0.4 is 5.32 Å². The molecule has 0 aromatic carbocycles. The lowest BCUT2D eigenvalue weighted by atomic mass is 10.1. The van der Waals surface area contributed by atoms with Crippen LogP contribution in [0.3, 0.4) is 0 Å². The van der Waals surface area contributed by atoms with Crippen LogP contribution in [0.1, 0.15) is 37.0 Å². The fourth-order valence-corrected chi connectivity index (χ4v) is 1.81. The van der Waals surface area contributed by atoms with Gasteiger partial charge < -0.3 is 15.0 Å². The predicted molar refractivity (Wildman–Crippen MR) is 85.5 cm³/mol. The van der Waals surface area contributed by atoms with E-state index < -0.39 is 17.9 Å². The monoisotopic (exact) mass is 311 g/mol. The number of aromatic nitrogens is 1. The lowest BCUT2D eigenvalue weighted by Crippen LogP contribution is -2.42. The molecule has 7 heteroatoms. The molecule has 2 N–H and O–H groups in total. The molecule has 6 nitrogen and oxygen atoms in total. The largest absolute Gasteiger partial charge is 0.480 e. The second-order valence-corrected chi connectivity index (χ2v) is 6.04. The van der Waals surface area contributed by atoms with Crippen LogP contribution in [0.25, 0.3) is 0 Å². The van der Waals surface area contributed by atoms with Crippen LogP contribution in [0.2, 0.25) is 0 Å². The summed E-state index contributed by atoms with van der Waals surface area (Å²) in [5.74, 6) is -1.53.